The Labute approximate surface area is 136 Å². The quantitative estimate of drug-likeness (QED) is 0.785. The Kier molecular flexibility index (Phi) is 3.09. The molecule has 6 heteroatoms. The molecule has 0 saturated carbocycles. The monoisotopic (exact) mass is 317 g/mol. The molecule has 1 N–H and O–H groups in total. The van der Waals surface area contributed by atoms with Crippen LogP contribution >= 0.6 is 0 Å². The third kappa shape index (κ3) is 2.13. The Morgan fingerprint density at radius 2 is 1.75 bits per heavy atom. The van der Waals surface area contributed by atoms with E-state index in [4.69, 9.17) is 0 Å². The summed E-state index contributed by atoms with van der Waals surface area (Å²) >= 11 is 0. The van der Waals surface area contributed by atoms with Crippen LogP contribution in [0.15, 0.2) is 60.8 Å². The van der Waals surface area contributed by atoms with Crippen molar-refractivity contribution in [1.82, 2.24) is 15.0 Å². The van der Waals surface area contributed by atoms with Crippen molar-refractivity contribution in [2.24, 2.45) is 0 Å². The minimum atomic E-state index is -0.466. The number of aromatic nitrogens is 3. The van der Waals surface area contributed by atoms with Crippen LogP contribution in [0.2, 0.25) is 0 Å². The van der Waals surface area contributed by atoms with Gasteiger partial charge in [0.15, 0.2) is 5.78 Å². The maximum absolute atomic E-state index is 12.7. The molecule has 0 amide bonds. The van der Waals surface area contributed by atoms with E-state index in [1.165, 1.54) is 29.0 Å². The first-order valence-corrected chi connectivity index (χ1v) is 7.26. The molecule has 0 fully saturated rings. The maximum Gasteiger partial charge on any atom is 0.216 e. The van der Waals surface area contributed by atoms with Gasteiger partial charge in [0.1, 0.15) is 17.1 Å². The molecule has 1 aliphatic rings. The average Bonchev–Trinajstić information content (AvgIpc) is 3.08. The summed E-state index contributed by atoms with van der Waals surface area (Å²) in [6.07, 6.45) is 2.80. The number of carbonyl (C=O) groups is 2. The van der Waals surface area contributed by atoms with Crippen LogP contribution in [0.3, 0.4) is 0 Å². The maximum atomic E-state index is 12.7. The highest BCUT2D eigenvalue weighted by Crippen LogP contribution is 2.30. The molecular weight excluding hydrogens is 306 g/mol. The van der Waals surface area contributed by atoms with Crippen molar-refractivity contribution in [3.05, 3.63) is 71.9 Å². The molecule has 24 heavy (non-hydrogen) atoms. The number of ketones is 2. The Morgan fingerprint density at radius 1 is 0.958 bits per heavy atom. The van der Waals surface area contributed by atoms with Crippen molar-refractivity contribution < 1.29 is 14.7 Å². The first kappa shape index (κ1) is 14.1. The number of aromatic hydroxyl groups is 1. The third-order valence-corrected chi connectivity index (χ3v) is 3.85. The Bertz CT molecular complexity index is 1000. The number of benzene rings is 2. The van der Waals surface area contributed by atoms with E-state index in [-0.39, 0.29) is 28.4 Å². The van der Waals surface area contributed by atoms with Crippen molar-refractivity contribution in [3.63, 3.8) is 0 Å². The lowest BCUT2D eigenvalue weighted by Crippen LogP contribution is -2.20. The Balaban J connectivity index is 1.79. The highest BCUT2D eigenvalue weighted by atomic mass is 16.3. The number of nitrogens with zero attached hydrogens (tertiary/aromatic N) is 3. The van der Waals surface area contributed by atoms with Crippen LogP contribution in [0.4, 0.5) is 0 Å². The van der Waals surface area contributed by atoms with Crippen LogP contribution in [0.25, 0.3) is 17.0 Å². The molecule has 1 heterocycles. The number of hydrogen-bond donors (Lipinski definition) is 1. The van der Waals surface area contributed by atoms with Gasteiger partial charge < -0.3 is 5.11 Å². The van der Waals surface area contributed by atoms with Crippen LogP contribution in [0.5, 0.6) is 5.75 Å². The molecule has 4 rings (SSSR count). The topological polar surface area (TPSA) is 85.1 Å². The van der Waals surface area contributed by atoms with Crippen LogP contribution in [0, 0.1) is 0 Å². The first-order chi connectivity index (χ1) is 11.6. The number of hydrogen-bond acceptors (Lipinski definition) is 5. The van der Waals surface area contributed by atoms with Crippen LogP contribution in [-0.4, -0.2) is 31.7 Å². The molecule has 1 aliphatic carbocycles. The summed E-state index contributed by atoms with van der Waals surface area (Å²) in [5.74, 6) is -1.04. The van der Waals surface area contributed by atoms with E-state index in [0.717, 1.165) is 5.56 Å². The van der Waals surface area contributed by atoms with Gasteiger partial charge in [-0.3, -0.25) is 9.59 Å². The van der Waals surface area contributed by atoms with E-state index in [2.05, 4.69) is 10.3 Å². The molecule has 116 valence electrons. The molecule has 0 spiro atoms. The zero-order chi connectivity index (χ0) is 16.7. The summed E-state index contributed by atoms with van der Waals surface area (Å²) in [6.45, 7) is 0. The number of rotatable bonds is 2. The van der Waals surface area contributed by atoms with Gasteiger partial charge in [0.25, 0.3) is 0 Å². The summed E-state index contributed by atoms with van der Waals surface area (Å²) in [6, 6.07) is 13.8. The number of Topliss-reactive ketones (excluding diaryl/α,β-unsaturated/α-hetero) is 1. The number of carbonyl (C=O) groups excluding carboxylic acids is 2. The molecule has 0 aliphatic heterocycles. The molecular formula is C18H11N3O3. The second kappa shape index (κ2) is 5.27. The smallest absolute Gasteiger partial charge is 0.216 e. The van der Waals surface area contributed by atoms with Crippen LogP contribution in [0.1, 0.15) is 20.7 Å². The number of phenols is 1. The Morgan fingerprint density at radius 3 is 2.54 bits per heavy atom. The number of fused-ring (bicyclic) bond motifs is 1. The standard InChI is InChI=1S/C18H11N3O3/c22-15-8-4-7-12-16(23)9-14(18(24)17(12)15)21-10-13(19-20-21)11-5-2-1-3-6-11/h1-10,22H. The lowest BCUT2D eigenvalue weighted by atomic mass is 9.92. The molecule has 0 saturated heterocycles. The molecule has 1 aromatic heterocycles. The highest BCUT2D eigenvalue weighted by molar-refractivity contribution is 6.36. The fourth-order valence-corrected chi connectivity index (χ4v) is 2.67. The second-order valence-electron chi connectivity index (χ2n) is 5.34. The number of allylic oxidation sites excluding steroid dienone is 2. The zero-order valence-corrected chi connectivity index (χ0v) is 12.4. The van der Waals surface area contributed by atoms with Gasteiger partial charge in [-0.15, -0.1) is 5.10 Å². The number of phenolic OH excluding ortho intramolecular Hbond substituents is 1. The predicted octanol–water partition coefficient (Wildman–Crippen LogP) is 2.57. The van der Waals surface area contributed by atoms with Crippen molar-refractivity contribution >= 4 is 17.3 Å². The molecule has 0 atom stereocenters. The van der Waals surface area contributed by atoms with Gasteiger partial charge in [0.2, 0.25) is 5.78 Å². The van der Waals surface area contributed by atoms with E-state index < -0.39 is 5.78 Å². The van der Waals surface area contributed by atoms with E-state index in [9.17, 15) is 14.7 Å². The average molecular weight is 317 g/mol. The van der Waals surface area contributed by atoms with E-state index in [0.29, 0.717) is 5.69 Å². The van der Waals surface area contributed by atoms with Crippen LogP contribution in [-0.2, 0) is 0 Å². The van der Waals surface area contributed by atoms with Crippen LogP contribution < -0.4 is 0 Å². The van der Waals surface area contributed by atoms with Gasteiger partial charge in [0.05, 0.1) is 11.8 Å². The minimum absolute atomic E-state index is 0.00300. The summed E-state index contributed by atoms with van der Waals surface area (Å²) in [5, 5.41) is 17.9. The first-order valence-electron chi connectivity index (χ1n) is 7.26. The molecule has 3 aromatic rings. The molecule has 6 nitrogen and oxygen atoms in total. The van der Waals surface area contributed by atoms with Crippen molar-refractivity contribution in [1.29, 1.82) is 0 Å². The molecule has 0 bridgehead atoms. The van der Waals surface area contributed by atoms with Gasteiger partial charge >= 0.3 is 0 Å². The summed E-state index contributed by atoms with van der Waals surface area (Å²) in [4.78, 5) is 24.9. The van der Waals surface area contributed by atoms with Gasteiger partial charge in [-0.25, -0.2) is 4.68 Å². The zero-order valence-electron chi connectivity index (χ0n) is 12.4. The van der Waals surface area contributed by atoms with Gasteiger partial charge in [0, 0.05) is 17.2 Å². The van der Waals surface area contributed by atoms with Gasteiger partial charge in [-0.2, -0.15) is 0 Å². The summed E-state index contributed by atoms with van der Waals surface area (Å²) in [5.41, 5.74) is 1.68. The lowest BCUT2D eigenvalue weighted by molar-refractivity contribution is 0.0994. The third-order valence-electron chi connectivity index (χ3n) is 3.85. The largest absolute Gasteiger partial charge is 0.507 e. The SMILES string of the molecule is O=C1C=C(n2cc(-c3ccccc3)nn2)C(=O)c2c(O)cccc21. The fraction of sp³-hybridized carbons (Fsp3) is 0. The molecule has 0 unspecified atom stereocenters. The second-order valence-corrected chi connectivity index (χ2v) is 5.34. The van der Waals surface area contributed by atoms with Crippen molar-refractivity contribution in [2.75, 3.05) is 0 Å². The minimum Gasteiger partial charge on any atom is -0.507 e. The normalized spacial score (nSPS) is 13.6. The molecule has 0 radical (unpaired) electrons. The Hall–Kier alpha value is -3.54. The van der Waals surface area contributed by atoms with Gasteiger partial charge in [-0.1, -0.05) is 47.7 Å². The highest BCUT2D eigenvalue weighted by Gasteiger charge is 2.30. The van der Waals surface area contributed by atoms with Crippen molar-refractivity contribution in [3.8, 4) is 17.0 Å². The fourth-order valence-electron chi connectivity index (χ4n) is 2.67. The lowest BCUT2D eigenvalue weighted by Gasteiger charge is -2.15. The van der Waals surface area contributed by atoms with E-state index in [1.807, 2.05) is 30.3 Å². The van der Waals surface area contributed by atoms with E-state index >= 15 is 0 Å². The van der Waals surface area contributed by atoms with Gasteiger partial charge in [-0.05, 0) is 6.07 Å². The molecule has 2 aromatic carbocycles. The summed E-state index contributed by atoms with van der Waals surface area (Å²) < 4.78 is 1.26. The predicted molar refractivity (Wildman–Crippen MR) is 86.5 cm³/mol. The van der Waals surface area contributed by atoms with Crippen molar-refractivity contribution in [2.45, 2.75) is 0 Å². The summed E-state index contributed by atoms with van der Waals surface area (Å²) in [7, 11) is 0. The van der Waals surface area contributed by atoms with E-state index in [1.54, 1.807) is 6.20 Å².